The average Bonchev–Trinajstić information content (AvgIpc) is 3.04. The van der Waals surface area contributed by atoms with Crippen molar-refractivity contribution < 1.29 is 14.3 Å². The number of nitrogens with one attached hydrogen (secondary N) is 2. The van der Waals surface area contributed by atoms with Crippen molar-refractivity contribution in [3.05, 3.63) is 76.6 Å². The summed E-state index contributed by atoms with van der Waals surface area (Å²) in [7, 11) is 0. The Morgan fingerprint density at radius 1 is 1.00 bits per heavy atom. The van der Waals surface area contributed by atoms with E-state index in [0.29, 0.717) is 12.3 Å². The summed E-state index contributed by atoms with van der Waals surface area (Å²) in [5.41, 5.74) is 8.59. The van der Waals surface area contributed by atoms with Crippen LogP contribution in [0.1, 0.15) is 35.0 Å². The second-order valence-corrected chi connectivity index (χ2v) is 7.56. The monoisotopic (exact) mass is 432 g/mol. The predicted molar refractivity (Wildman–Crippen MR) is 127 cm³/mol. The van der Waals surface area contributed by atoms with Crippen molar-refractivity contribution in [3.63, 3.8) is 0 Å². The third-order valence-corrected chi connectivity index (χ3v) is 5.09. The van der Waals surface area contributed by atoms with Crippen LogP contribution in [0.3, 0.4) is 0 Å². The van der Waals surface area contributed by atoms with E-state index in [9.17, 15) is 9.59 Å². The van der Waals surface area contributed by atoms with Gasteiger partial charge in [0, 0.05) is 28.3 Å². The van der Waals surface area contributed by atoms with Crippen molar-refractivity contribution in [1.29, 1.82) is 0 Å². The summed E-state index contributed by atoms with van der Waals surface area (Å²) >= 11 is 0. The maximum absolute atomic E-state index is 12.2. The van der Waals surface area contributed by atoms with Gasteiger partial charge in [-0.05, 0) is 82.1 Å². The first-order valence-corrected chi connectivity index (χ1v) is 10.4. The summed E-state index contributed by atoms with van der Waals surface area (Å²) in [6.45, 7) is 10.3. The highest BCUT2D eigenvalue weighted by Gasteiger charge is 2.14. The number of hydrogen-bond acceptors (Lipinski definition) is 4. The van der Waals surface area contributed by atoms with E-state index in [1.807, 2.05) is 83.1 Å². The van der Waals surface area contributed by atoms with Gasteiger partial charge >= 0.3 is 11.8 Å². The molecule has 166 valence electrons. The van der Waals surface area contributed by atoms with Gasteiger partial charge in [-0.25, -0.2) is 5.43 Å². The van der Waals surface area contributed by atoms with E-state index in [2.05, 4.69) is 20.4 Å². The Bertz CT molecular complexity index is 1160. The van der Waals surface area contributed by atoms with Gasteiger partial charge in [0.25, 0.3) is 0 Å². The number of hydrazone groups is 1. The Hall–Kier alpha value is -3.87. The van der Waals surface area contributed by atoms with Crippen molar-refractivity contribution >= 4 is 23.7 Å². The lowest BCUT2D eigenvalue weighted by molar-refractivity contribution is -0.136. The van der Waals surface area contributed by atoms with Crippen LogP contribution in [-0.4, -0.2) is 29.2 Å². The zero-order valence-corrected chi connectivity index (χ0v) is 19.0. The molecule has 0 bridgehead atoms. The zero-order valence-electron chi connectivity index (χ0n) is 19.0. The molecule has 7 heteroatoms. The van der Waals surface area contributed by atoms with Crippen LogP contribution in [-0.2, 0) is 9.59 Å². The highest BCUT2D eigenvalue weighted by atomic mass is 16.5. The second-order valence-electron chi connectivity index (χ2n) is 7.56. The van der Waals surface area contributed by atoms with Crippen molar-refractivity contribution in [1.82, 2.24) is 9.99 Å². The Kier molecular flexibility index (Phi) is 7.10. The molecule has 0 unspecified atom stereocenters. The molecule has 0 radical (unpaired) electrons. The highest BCUT2D eigenvalue weighted by molar-refractivity contribution is 6.39. The number of anilines is 1. The van der Waals surface area contributed by atoms with Crippen molar-refractivity contribution in [2.24, 2.45) is 5.10 Å². The number of hydrogen-bond donors (Lipinski definition) is 2. The molecule has 32 heavy (non-hydrogen) atoms. The average molecular weight is 433 g/mol. The van der Waals surface area contributed by atoms with E-state index in [1.165, 1.54) is 6.21 Å². The fourth-order valence-electron chi connectivity index (χ4n) is 3.43. The molecule has 0 aliphatic carbocycles. The number of benzene rings is 2. The molecule has 2 amide bonds. The molecule has 0 saturated carbocycles. The van der Waals surface area contributed by atoms with Crippen LogP contribution in [0.25, 0.3) is 5.69 Å². The van der Waals surface area contributed by atoms with Gasteiger partial charge in [0.05, 0.1) is 12.8 Å². The lowest BCUT2D eigenvalue weighted by Crippen LogP contribution is -2.32. The molecule has 3 rings (SSSR count). The number of carbonyl (C=O) groups excluding carboxylic acids is 2. The molecule has 0 saturated heterocycles. The van der Waals surface area contributed by atoms with Gasteiger partial charge in [-0.1, -0.05) is 12.1 Å². The fraction of sp³-hybridized carbons (Fsp3) is 0.240. The van der Waals surface area contributed by atoms with Crippen LogP contribution in [0.4, 0.5) is 5.69 Å². The van der Waals surface area contributed by atoms with E-state index in [4.69, 9.17) is 4.74 Å². The van der Waals surface area contributed by atoms with Crippen molar-refractivity contribution in [2.45, 2.75) is 34.6 Å². The largest absolute Gasteiger partial charge is 0.494 e. The van der Waals surface area contributed by atoms with E-state index < -0.39 is 11.8 Å². The molecule has 0 fully saturated rings. The van der Waals surface area contributed by atoms with Crippen LogP contribution in [0.5, 0.6) is 5.75 Å². The van der Waals surface area contributed by atoms with Gasteiger partial charge in [0.1, 0.15) is 5.75 Å². The summed E-state index contributed by atoms with van der Waals surface area (Å²) in [4.78, 5) is 24.3. The second kappa shape index (κ2) is 9.96. The van der Waals surface area contributed by atoms with Crippen LogP contribution in [0.2, 0.25) is 0 Å². The number of aromatic nitrogens is 1. The molecular weight excluding hydrogens is 404 g/mol. The SMILES string of the molecule is CCOc1ccc(-n2c(C)cc(/C=N\NC(=O)C(=O)Nc3cc(C)ccc3C)c2C)cc1. The number of rotatable bonds is 6. The van der Waals surface area contributed by atoms with E-state index in [0.717, 1.165) is 39.5 Å². The molecule has 2 aromatic carbocycles. The zero-order chi connectivity index (χ0) is 23.3. The number of ether oxygens (including phenoxy) is 1. The topological polar surface area (TPSA) is 84.7 Å². The molecule has 0 atom stereocenters. The van der Waals surface area contributed by atoms with Gasteiger partial charge in [-0.15, -0.1) is 0 Å². The summed E-state index contributed by atoms with van der Waals surface area (Å²) in [6.07, 6.45) is 1.54. The number of aryl methyl sites for hydroxylation is 3. The standard InChI is InChI=1S/C25H28N4O3/c1-6-32-22-11-9-21(10-12-22)29-18(4)14-20(19(29)5)15-26-28-25(31)24(30)27-23-13-16(2)7-8-17(23)3/h7-15H,6H2,1-5H3,(H,27,30)(H,28,31)/b26-15-. The molecule has 1 heterocycles. The fourth-order valence-corrected chi connectivity index (χ4v) is 3.43. The van der Waals surface area contributed by atoms with Crippen LogP contribution in [0, 0.1) is 27.7 Å². The lowest BCUT2D eigenvalue weighted by atomic mass is 10.1. The Morgan fingerprint density at radius 2 is 1.72 bits per heavy atom. The summed E-state index contributed by atoms with van der Waals surface area (Å²) < 4.78 is 7.59. The van der Waals surface area contributed by atoms with Crippen molar-refractivity contribution in [3.8, 4) is 11.4 Å². The smallest absolute Gasteiger partial charge is 0.329 e. The van der Waals surface area contributed by atoms with Gasteiger partial charge in [-0.3, -0.25) is 9.59 Å². The van der Waals surface area contributed by atoms with E-state index >= 15 is 0 Å². The lowest BCUT2D eigenvalue weighted by Gasteiger charge is -2.11. The van der Waals surface area contributed by atoms with Crippen LogP contribution in [0.15, 0.2) is 53.6 Å². The number of nitrogens with zero attached hydrogens (tertiary/aromatic N) is 2. The van der Waals surface area contributed by atoms with Crippen LogP contribution >= 0.6 is 0 Å². The predicted octanol–water partition coefficient (Wildman–Crippen LogP) is 4.20. The quantitative estimate of drug-likeness (QED) is 0.348. The molecule has 3 aromatic rings. The van der Waals surface area contributed by atoms with Gasteiger partial charge in [-0.2, -0.15) is 5.10 Å². The van der Waals surface area contributed by atoms with Gasteiger partial charge in [0.2, 0.25) is 0 Å². The molecule has 2 N–H and O–H groups in total. The first-order valence-electron chi connectivity index (χ1n) is 10.4. The van der Waals surface area contributed by atoms with Gasteiger partial charge in [0.15, 0.2) is 0 Å². The van der Waals surface area contributed by atoms with E-state index in [1.54, 1.807) is 0 Å². The molecule has 7 nitrogen and oxygen atoms in total. The summed E-state index contributed by atoms with van der Waals surface area (Å²) in [6, 6.07) is 15.5. The normalized spacial score (nSPS) is 10.9. The van der Waals surface area contributed by atoms with Crippen LogP contribution < -0.4 is 15.5 Å². The molecule has 0 spiro atoms. The molecular formula is C25H28N4O3. The minimum Gasteiger partial charge on any atom is -0.494 e. The molecule has 1 aromatic heterocycles. The maximum atomic E-state index is 12.2. The number of carbonyl (C=O) groups is 2. The van der Waals surface area contributed by atoms with Crippen molar-refractivity contribution in [2.75, 3.05) is 11.9 Å². The number of amides is 2. The molecule has 0 aliphatic rings. The Balaban J connectivity index is 1.67. The summed E-state index contributed by atoms with van der Waals surface area (Å²) in [5, 5.41) is 6.59. The minimum atomic E-state index is -0.831. The maximum Gasteiger partial charge on any atom is 0.329 e. The first-order chi connectivity index (χ1) is 15.3. The third kappa shape index (κ3) is 5.24. The van der Waals surface area contributed by atoms with E-state index in [-0.39, 0.29) is 0 Å². The first kappa shape index (κ1) is 22.8. The third-order valence-electron chi connectivity index (χ3n) is 5.09. The Labute approximate surface area is 188 Å². The molecule has 0 aliphatic heterocycles. The van der Waals surface area contributed by atoms with Gasteiger partial charge < -0.3 is 14.6 Å². The summed E-state index contributed by atoms with van der Waals surface area (Å²) in [5.74, 6) is -0.777. The Morgan fingerprint density at radius 3 is 2.41 bits per heavy atom. The minimum absolute atomic E-state index is 0.605. The highest BCUT2D eigenvalue weighted by Crippen LogP contribution is 2.22.